The Morgan fingerprint density at radius 3 is 2.65 bits per heavy atom. The third-order valence-corrected chi connectivity index (χ3v) is 6.35. The first-order valence-electron chi connectivity index (χ1n) is 7.90. The average molecular weight is 323 g/mol. The summed E-state index contributed by atoms with van der Waals surface area (Å²) >= 11 is 0. The van der Waals surface area contributed by atoms with Crippen molar-refractivity contribution in [3.8, 4) is 0 Å². The molecule has 4 fully saturated rings. The molecule has 3 N–H and O–H groups in total. The molecule has 0 amide bonds. The van der Waals surface area contributed by atoms with Crippen LogP contribution in [-0.2, 0) is 19.1 Å². The summed E-state index contributed by atoms with van der Waals surface area (Å²) in [5, 5.41) is 24.5. The molecule has 0 aromatic heterocycles. The van der Waals surface area contributed by atoms with Gasteiger partial charge in [0.05, 0.1) is 11.2 Å². The molecule has 0 radical (unpaired) electrons. The minimum absolute atomic E-state index is 0.145. The van der Waals surface area contributed by atoms with E-state index in [4.69, 9.17) is 9.47 Å². The van der Waals surface area contributed by atoms with Crippen molar-refractivity contribution in [2.75, 3.05) is 13.2 Å². The SMILES string of the molecule is C=C(C)C(=O)OCC(=O)O[C@@]12CC3CC4(O)CC(O)(CN1)C34C2. The minimum atomic E-state index is -0.913. The third-order valence-electron chi connectivity index (χ3n) is 6.35. The van der Waals surface area contributed by atoms with Gasteiger partial charge in [-0.25, -0.2) is 9.59 Å². The number of fused-ring (bicyclic) bond motifs is 1. The number of hydrogen-bond acceptors (Lipinski definition) is 7. The molecular weight excluding hydrogens is 302 g/mol. The van der Waals surface area contributed by atoms with Crippen LogP contribution in [0.25, 0.3) is 0 Å². The van der Waals surface area contributed by atoms with Gasteiger partial charge >= 0.3 is 11.9 Å². The van der Waals surface area contributed by atoms with Gasteiger partial charge in [0.15, 0.2) is 12.3 Å². The van der Waals surface area contributed by atoms with Crippen LogP contribution >= 0.6 is 0 Å². The van der Waals surface area contributed by atoms with Gasteiger partial charge in [0.1, 0.15) is 0 Å². The normalized spacial score (nSPS) is 48.6. The van der Waals surface area contributed by atoms with E-state index in [1.165, 1.54) is 6.92 Å². The van der Waals surface area contributed by atoms with Crippen molar-refractivity contribution in [1.29, 1.82) is 0 Å². The molecule has 0 aromatic rings. The second kappa shape index (κ2) is 4.15. The van der Waals surface area contributed by atoms with E-state index < -0.39 is 40.9 Å². The van der Waals surface area contributed by atoms with E-state index in [-0.39, 0.29) is 11.5 Å². The Morgan fingerprint density at radius 2 is 2.00 bits per heavy atom. The maximum atomic E-state index is 12.0. The van der Waals surface area contributed by atoms with E-state index in [2.05, 4.69) is 11.9 Å². The lowest BCUT2D eigenvalue weighted by molar-refractivity contribution is -0.382. The first-order chi connectivity index (χ1) is 10.7. The lowest BCUT2D eigenvalue weighted by Gasteiger charge is -2.76. The van der Waals surface area contributed by atoms with Crippen LogP contribution in [-0.4, -0.2) is 52.2 Å². The van der Waals surface area contributed by atoms with E-state index in [0.29, 0.717) is 32.2 Å². The average Bonchev–Trinajstić information content (AvgIpc) is 2.76. The highest BCUT2D eigenvalue weighted by molar-refractivity contribution is 5.88. The van der Waals surface area contributed by atoms with Crippen LogP contribution in [0.3, 0.4) is 0 Å². The standard InChI is InChI=1S/C16H21NO6/c1-9(2)12(19)22-5-11(18)23-15-4-10-3-13(20)6-14(21,8-17-15)16(10,13)7-15/h10,17,20-21H,1,3-8H2,2H3/t10?,13?,14?,15-,16?/m1/s1. The number of carbonyl (C=O) groups is 2. The quantitative estimate of drug-likeness (QED) is 0.478. The highest BCUT2D eigenvalue weighted by atomic mass is 16.6. The van der Waals surface area contributed by atoms with Crippen LogP contribution in [0, 0.1) is 11.3 Å². The number of rotatable bonds is 4. The van der Waals surface area contributed by atoms with Crippen LogP contribution in [0.15, 0.2) is 12.2 Å². The molecule has 1 heterocycles. The van der Waals surface area contributed by atoms with Crippen LogP contribution in [0.4, 0.5) is 0 Å². The van der Waals surface area contributed by atoms with Crippen LogP contribution in [0.2, 0.25) is 0 Å². The maximum Gasteiger partial charge on any atom is 0.346 e. The van der Waals surface area contributed by atoms with Gasteiger partial charge in [0.2, 0.25) is 0 Å². The van der Waals surface area contributed by atoms with Gasteiger partial charge in [-0.1, -0.05) is 6.58 Å². The highest BCUT2D eigenvalue weighted by Crippen LogP contribution is 2.80. The lowest BCUT2D eigenvalue weighted by Crippen LogP contribution is -2.86. The molecule has 2 bridgehead atoms. The van der Waals surface area contributed by atoms with Crippen molar-refractivity contribution in [3.05, 3.63) is 12.2 Å². The number of hydrogen-bond donors (Lipinski definition) is 3. The Morgan fingerprint density at radius 1 is 1.26 bits per heavy atom. The Kier molecular flexibility index (Phi) is 2.72. The van der Waals surface area contributed by atoms with E-state index in [1.54, 1.807) is 0 Å². The van der Waals surface area contributed by atoms with Gasteiger partial charge in [0, 0.05) is 36.8 Å². The van der Waals surface area contributed by atoms with E-state index in [9.17, 15) is 19.8 Å². The smallest absolute Gasteiger partial charge is 0.346 e. The van der Waals surface area contributed by atoms with Gasteiger partial charge in [-0.15, -0.1) is 0 Å². The van der Waals surface area contributed by atoms with Gasteiger partial charge < -0.3 is 19.7 Å². The van der Waals surface area contributed by atoms with Crippen molar-refractivity contribution in [2.45, 2.75) is 49.5 Å². The maximum absolute atomic E-state index is 12.0. The molecule has 0 aromatic carbocycles. The molecule has 1 saturated heterocycles. The molecule has 23 heavy (non-hydrogen) atoms. The summed E-state index contributed by atoms with van der Waals surface area (Å²) in [6, 6.07) is 0. The zero-order valence-electron chi connectivity index (χ0n) is 13.1. The predicted octanol–water partition coefficient (Wildman–Crippen LogP) is -0.386. The van der Waals surface area contributed by atoms with Gasteiger partial charge in [0.25, 0.3) is 0 Å². The largest absolute Gasteiger partial charge is 0.450 e. The summed E-state index contributed by atoms with van der Waals surface area (Å²) in [7, 11) is 0. The number of esters is 2. The van der Waals surface area contributed by atoms with Crippen molar-refractivity contribution in [3.63, 3.8) is 0 Å². The molecule has 4 unspecified atom stereocenters. The van der Waals surface area contributed by atoms with Crippen LogP contribution in [0.1, 0.15) is 32.6 Å². The van der Waals surface area contributed by atoms with Crippen molar-refractivity contribution < 1.29 is 29.3 Å². The van der Waals surface area contributed by atoms with Crippen molar-refractivity contribution >= 4 is 11.9 Å². The van der Waals surface area contributed by atoms with Gasteiger partial charge in [-0.2, -0.15) is 0 Å². The zero-order valence-corrected chi connectivity index (χ0v) is 13.1. The summed E-state index contributed by atoms with van der Waals surface area (Å²) in [4.78, 5) is 23.3. The summed E-state index contributed by atoms with van der Waals surface area (Å²) in [5.41, 5.74) is -2.96. The number of nitrogens with one attached hydrogen (secondary N) is 1. The predicted molar refractivity (Wildman–Crippen MR) is 76.9 cm³/mol. The number of carbonyl (C=O) groups excluding carboxylic acids is 2. The molecule has 7 heteroatoms. The van der Waals surface area contributed by atoms with E-state index in [1.807, 2.05) is 0 Å². The lowest BCUT2D eigenvalue weighted by atomic mass is 9.33. The molecule has 126 valence electrons. The number of ether oxygens (including phenoxy) is 2. The van der Waals surface area contributed by atoms with E-state index >= 15 is 0 Å². The van der Waals surface area contributed by atoms with Crippen LogP contribution in [0.5, 0.6) is 0 Å². The number of β-amino-alcohol motifs (C(OH)–C–C–N with tert-alkyl or cyclic N) is 1. The highest BCUT2D eigenvalue weighted by Gasteiger charge is 2.88. The minimum Gasteiger partial charge on any atom is -0.450 e. The van der Waals surface area contributed by atoms with Gasteiger partial charge in [-0.05, 0) is 19.3 Å². The summed E-state index contributed by atoms with van der Waals surface area (Å²) in [6.07, 6.45) is 1.99. The number of piperidine rings is 1. The Labute approximate surface area is 133 Å². The summed E-state index contributed by atoms with van der Waals surface area (Å²) < 4.78 is 10.4. The van der Waals surface area contributed by atoms with Crippen molar-refractivity contribution in [1.82, 2.24) is 5.32 Å². The molecular formula is C16H21NO6. The molecule has 5 atom stereocenters. The summed E-state index contributed by atoms with van der Waals surface area (Å²) in [5.74, 6) is -1.13. The molecule has 4 rings (SSSR count). The first kappa shape index (κ1) is 15.1. The topological polar surface area (TPSA) is 105 Å². The van der Waals surface area contributed by atoms with Gasteiger partial charge in [-0.3, -0.25) is 5.32 Å². The molecule has 4 aliphatic rings. The van der Waals surface area contributed by atoms with Crippen LogP contribution < -0.4 is 5.32 Å². The monoisotopic (exact) mass is 323 g/mol. The zero-order chi connectivity index (χ0) is 16.7. The second-order valence-corrected chi connectivity index (χ2v) is 7.67. The fourth-order valence-electron chi connectivity index (χ4n) is 5.50. The first-order valence-corrected chi connectivity index (χ1v) is 7.90. The van der Waals surface area contributed by atoms with Crippen molar-refractivity contribution in [2.24, 2.45) is 11.3 Å². The fourth-order valence-corrected chi connectivity index (χ4v) is 5.50. The molecule has 3 aliphatic carbocycles. The second-order valence-electron chi connectivity index (χ2n) is 7.67. The molecule has 7 nitrogen and oxygen atoms in total. The summed E-state index contributed by atoms with van der Waals surface area (Å²) in [6.45, 7) is 4.77. The molecule has 1 spiro atoms. The Hall–Kier alpha value is -1.44. The third kappa shape index (κ3) is 1.65. The Bertz CT molecular complexity index is 634. The Balaban J connectivity index is 1.44. The fraction of sp³-hybridized carbons (Fsp3) is 0.750. The molecule has 1 aliphatic heterocycles. The van der Waals surface area contributed by atoms with E-state index in [0.717, 1.165) is 0 Å². The molecule has 3 saturated carbocycles. The number of aliphatic hydroxyl groups is 2.